The number of hydrogen-bond donors (Lipinski definition) is 2. The van der Waals surface area contributed by atoms with Gasteiger partial charge in [0.15, 0.2) is 5.54 Å². The first-order valence-corrected chi connectivity index (χ1v) is 6.62. The number of nitrogens with one attached hydrogen (secondary N) is 1. The molecular weight excluding hydrogens is 288 g/mol. The minimum atomic E-state index is -1.32. The third-order valence-corrected chi connectivity index (χ3v) is 3.57. The van der Waals surface area contributed by atoms with Crippen LogP contribution >= 0.6 is 11.6 Å². The lowest BCUT2D eigenvalue weighted by molar-refractivity contribution is -0.142. The Kier molecular flexibility index (Phi) is 4.15. The first-order chi connectivity index (χ1) is 9.97. The van der Waals surface area contributed by atoms with E-state index in [2.05, 4.69) is 5.32 Å². The van der Waals surface area contributed by atoms with E-state index in [1.165, 1.54) is 6.07 Å². The maximum Gasteiger partial charge on any atom is 0.333 e. The number of benzene rings is 2. The van der Waals surface area contributed by atoms with Gasteiger partial charge in [-0.3, -0.25) is 0 Å². The normalized spacial score (nSPS) is 13.0. The third kappa shape index (κ3) is 2.99. The van der Waals surface area contributed by atoms with Gasteiger partial charge in [0.2, 0.25) is 0 Å². The predicted molar refractivity (Wildman–Crippen MR) is 81.2 cm³/mol. The molecule has 5 heteroatoms. The first-order valence-electron chi connectivity index (χ1n) is 6.24. The van der Waals surface area contributed by atoms with Crippen molar-refractivity contribution in [2.75, 3.05) is 5.32 Å². The van der Waals surface area contributed by atoms with Gasteiger partial charge in [0.05, 0.1) is 22.3 Å². The minimum Gasteiger partial charge on any atom is -0.479 e. The lowest BCUT2D eigenvalue weighted by Crippen LogP contribution is -2.40. The number of hydrogen-bond acceptors (Lipinski definition) is 3. The number of rotatable bonds is 4. The molecule has 1 unspecified atom stereocenters. The summed E-state index contributed by atoms with van der Waals surface area (Å²) < 4.78 is 0. The molecule has 4 nitrogen and oxygen atoms in total. The van der Waals surface area contributed by atoms with E-state index in [4.69, 9.17) is 16.9 Å². The Hall–Kier alpha value is -2.51. The van der Waals surface area contributed by atoms with Crippen LogP contribution < -0.4 is 5.32 Å². The van der Waals surface area contributed by atoms with Gasteiger partial charge in [0.25, 0.3) is 0 Å². The summed E-state index contributed by atoms with van der Waals surface area (Å²) in [4.78, 5) is 11.7. The summed E-state index contributed by atoms with van der Waals surface area (Å²) in [6.45, 7) is 1.57. The summed E-state index contributed by atoms with van der Waals surface area (Å²) in [6, 6.07) is 15.5. The average molecular weight is 301 g/mol. The summed E-state index contributed by atoms with van der Waals surface area (Å²) >= 11 is 6.10. The van der Waals surface area contributed by atoms with Crippen LogP contribution in [0.3, 0.4) is 0 Å². The van der Waals surface area contributed by atoms with Gasteiger partial charge in [0.1, 0.15) is 0 Å². The Morgan fingerprint density at radius 2 is 1.95 bits per heavy atom. The molecule has 0 saturated heterocycles. The van der Waals surface area contributed by atoms with Crippen LogP contribution in [0.5, 0.6) is 0 Å². The molecule has 106 valence electrons. The summed E-state index contributed by atoms with van der Waals surface area (Å²) in [5.41, 5.74) is 0.170. The number of carboxylic acids is 1. The van der Waals surface area contributed by atoms with Gasteiger partial charge in [-0.15, -0.1) is 0 Å². The number of carbonyl (C=O) groups is 1. The third-order valence-electron chi connectivity index (χ3n) is 3.26. The molecule has 0 bridgehead atoms. The molecule has 0 aliphatic carbocycles. The van der Waals surface area contributed by atoms with Crippen LogP contribution in [0.2, 0.25) is 5.02 Å². The van der Waals surface area contributed by atoms with Crippen molar-refractivity contribution in [1.82, 2.24) is 0 Å². The average Bonchev–Trinajstić information content (AvgIpc) is 2.49. The standard InChI is InChI=1S/C16H13ClN2O2/c1-16(15(20)21,12-5-3-2-4-6-12)19-14-8-7-11(10-18)9-13(14)17/h2-9,19H,1H3,(H,20,21). The molecule has 1 atom stereocenters. The first kappa shape index (κ1) is 14.9. The van der Waals surface area contributed by atoms with E-state index < -0.39 is 11.5 Å². The van der Waals surface area contributed by atoms with Gasteiger partial charge in [-0.2, -0.15) is 5.26 Å². The highest BCUT2D eigenvalue weighted by Crippen LogP contribution is 2.31. The zero-order valence-corrected chi connectivity index (χ0v) is 12.1. The van der Waals surface area contributed by atoms with Crippen LogP contribution in [0.1, 0.15) is 18.1 Å². The molecule has 0 spiro atoms. The largest absolute Gasteiger partial charge is 0.479 e. The molecule has 21 heavy (non-hydrogen) atoms. The lowest BCUT2D eigenvalue weighted by Gasteiger charge is -2.28. The Morgan fingerprint density at radius 3 is 2.48 bits per heavy atom. The van der Waals surface area contributed by atoms with Crippen molar-refractivity contribution < 1.29 is 9.90 Å². The summed E-state index contributed by atoms with van der Waals surface area (Å²) in [6.07, 6.45) is 0. The molecule has 0 aromatic heterocycles. The summed E-state index contributed by atoms with van der Waals surface area (Å²) in [7, 11) is 0. The molecule has 0 radical (unpaired) electrons. The second kappa shape index (κ2) is 5.86. The van der Waals surface area contributed by atoms with E-state index in [9.17, 15) is 9.90 Å². The minimum absolute atomic E-state index is 0.303. The molecule has 0 saturated carbocycles. The smallest absolute Gasteiger partial charge is 0.333 e. The number of anilines is 1. The Balaban J connectivity index is 2.43. The number of aliphatic carboxylic acids is 1. The number of nitrogens with zero attached hydrogens (tertiary/aromatic N) is 1. The fraction of sp³-hybridized carbons (Fsp3) is 0.125. The molecule has 0 aliphatic rings. The van der Waals surface area contributed by atoms with Crippen LogP contribution in [-0.4, -0.2) is 11.1 Å². The fourth-order valence-electron chi connectivity index (χ4n) is 1.98. The number of nitriles is 1. The van der Waals surface area contributed by atoms with Gasteiger partial charge in [0, 0.05) is 0 Å². The molecule has 2 rings (SSSR count). The zero-order valence-electron chi connectivity index (χ0n) is 11.3. The fourth-order valence-corrected chi connectivity index (χ4v) is 2.20. The van der Waals surface area contributed by atoms with Gasteiger partial charge < -0.3 is 10.4 Å². The van der Waals surface area contributed by atoms with E-state index in [-0.39, 0.29) is 0 Å². The van der Waals surface area contributed by atoms with E-state index in [0.29, 0.717) is 21.8 Å². The van der Waals surface area contributed by atoms with Crippen molar-refractivity contribution in [3.05, 3.63) is 64.7 Å². The highest BCUT2D eigenvalue weighted by Gasteiger charge is 2.35. The predicted octanol–water partition coefficient (Wildman–Crippen LogP) is 3.62. The molecule has 2 aromatic carbocycles. The zero-order chi connectivity index (χ0) is 15.5. The molecule has 0 aliphatic heterocycles. The van der Waals surface area contributed by atoms with Crippen molar-refractivity contribution in [3.63, 3.8) is 0 Å². The topological polar surface area (TPSA) is 73.1 Å². The maximum absolute atomic E-state index is 11.7. The second-order valence-electron chi connectivity index (χ2n) is 4.73. The lowest BCUT2D eigenvalue weighted by atomic mass is 9.91. The molecule has 2 aromatic rings. The van der Waals surface area contributed by atoms with E-state index in [1.54, 1.807) is 43.3 Å². The molecule has 0 fully saturated rings. The molecule has 0 amide bonds. The van der Waals surface area contributed by atoms with Crippen molar-refractivity contribution in [1.29, 1.82) is 5.26 Å². The van der Waals surface area contributed by atoms with Gasteiger partial charge >= 0.3 is 5.97 Å². The molecular formula is C16H13ClN2O2. The van der Waals surface area contributed by atoms with Crippen LogP contribution in [0.25, 0.3) is 0 Å². The quantitative estimate of drug-likeness (QED) is 0.904. The van der Waals surface area contributed by atoms with Gasteiger partial charge in [-0.1, -0.05) is 41.9 Å². The van der Waals surface area contributed by atoms with Crippen LogP contribution in [0, 0.1) is 11.3 Å². The second-order valence-corrected chi connectivity index (χ2v) is 5.13. The number of halogens is 1. The monoisotopic (exact) mass is 300 g/mol. The van der Waals surface area contributed by atoms with E-state index >= 15 is 0 Å². The van der Waals surface area contributed by atoms with Crippen molar-refractivity contribution in [2.45, 2.75) is 12.5 Å². The van der Waals surface area contributed by atoms with Crippen molar-refractivity contribution in [3.8, 4) is 6.07 Å². The SMILES string of the molecule is CC(Nc1ccc(C#N)cc1Cl)(C(=O)O)c1ccccc1. The highest BCUT2D eigenvalue weighted by molar-refractivity contribution is 6.33. The number of carboxylic acid groups (broad SMARTS) is 1. The van der Waals surface area contributed by atoms with Gasteiger partial charge in [-0.05, 0) is 30.7 Å². The van der Waals surface area contributed by atoms with Crippen LogP contribution in [0.15, 0.2) is 48.5 Å². The van der Waals surface area contributed by atoms with Crippen molar-refractivity contribution >= 4 is 23.3 Å². The summed E-state index contributed by atoms with van der Waals surface area (Å²) in [5, 5.41) is 21.7. The molecule has 2 N–H and O–H groups in total. The maximum atomic E-state index is 11.7. The van der Waals surface area contributed by atoms with Crippen LogP contribution in [0.4, 0.5) is 5.69 Å². The molecule has 0 heterocycles. The van der Waals surface area contributed by atoms with E-state index in [0.717, 1.165) is 0 Å². The van der Waals surface area contributed by atoms with E-state index in [1.807, 2.05) is 12.1 Å². The Labute approximate surface area is 127 Å². The highest BCUT2D eigenvalue weighted by atomic mass is 35.5. The van der Waals surface area contributed by atoms with Gasteiger partial charge in [-0.25, -0.2) is 4.79 Å². The summed E-state index contributed by atoms with van der Waals surface area (Å²) in [5.74, 6) is -1.02. The Morgan fingerprint density at radius 1 is 1.29 bits per heavy atom. The Bertz CT molecular complexity index is 710. The van der Waals surface area contributed by atoms with Crippen LogP contribution in [-0.2, 0) is 10.3 Å². The van der Waals surface area contributed by atoms with Crippen molar-refractivity contribution in [2.24, 2.45) is 0 Å².